The van der Waals surface area contributed by atoms with Gasteiger partial charge in [0.2, 0.25) is 5.56 Å². The summed E-state index contributed by atoms with van der Waals surface area (Å²) in [7, 11) is 1.94. The van der Waals surface area contributed by atoms with Gasteiger partial charge in [0.15, 0.2) is 5.17 Å². The van der Waals surface area contributed by atoms with Gasteiger partial charge < -0.3 is 15.2 Å². The highest BCUT2D eigenvalue weighted by molar-refractivity contribution is 8.26. The number of aromatic nitrogens is 1. The summed E-state index contributed by atoms with van der Waals surface area (Å²) in [5.74, 6) is 0. The number of H-pyrrole nitrogens is 1. The van der Waals surface area contributed by atoms with E-state index in [2.05, 4.69) is 38.0 Å². The summed E-state index contributed by atoms with van der Waals surface area (Å²) in [5.41, 5.74) is 2.10. The van der Waals surface area contributed by atoms with Crippen LogP contribution in [-0.4, -0.2) is 44.3 Å². The molecule has 2 heterocycles. The van der Waals surface area contributed by atoms with Crippen LogP contribution < -0.4 is 10.9 Å². The molecule has 3 rings (SSSR count). The number of nitrogens with zero attached hydrogens (tertiary/aromatic N) is 1. The van der Waals surface area contributed by atoms with Gasteiger partial charge >= 0.3 is 0 Å². The van der Waals surface area contributed by atoms with Crippen LogP contribution in [0.5, 0.6) is 0 Å². The molecule has 8 heteroatoms. The van der Waals surface area contributed by atoms with E-state index in [9.17, 15) is 4.79 Å². The minimum atomic E-state index is -0.159. The number of hydrogen-bond donors (Lipinski definition) is 4. The number of pyridine rings is 1. The van der Waals surface area contributed by atoms with E-state index in [0.29, 0.717) is 15.8 Å². The summed E-state index contributed by atoms with van der Waals surface area (Å²) in [6, 6.07) is 8.87. The van der Waals surface area contributed by atoms with E-state index >= 15 is 0 Å². The van der Waals surface area contributed by atoms with E-state index < -0.39 is 0 Å². The molecule has 0 radical (unpaired) electrons. The van der Waals surface area contributed by atoms with Gasteiger partial charge in [-0.3, -0.25) is 15.6 Å². The van der Waals surface area contributed by atoms with Gasteiger partial charge in [0.25, 0.3) is 0 Å². The zero-order chi connectivity index (χ0) is 23.0. The molecule has 1 aliphatic rings. The first-order valence-corrected chi connectivity index (χ1v) is 11.4. The van der Waals surface area contributed by atoms with E-state index in [4.69, 9.17) is 22.4 Å². The number of thioether (sulfide) groups is 1. The van der Waals surface area contributed by atoms with Crippen molar-refractivity contribution in [1.82, 2.24) is 15.2 Å². The van der Waals surface area contributed by atoms with Gasteiger partial charge in [-0.05, 0) is 75.6 Å². The van der Waals surface area contributed by atoms with E-state index in [-0.39, 0.29) is 27.7 Å². The summed E-state index contributed by atoms with van der Waals surface area (Å²) in [5, 5.41) is 21.8. The van der Waals surface area contributed by atoms with E-state index in [1.807, 2.05) is 18.0 Å². The van der Waals surface area contributed by atoms with Crippen LogP contribution in [0.4, 0.5) is 0 Å². The standard InChI is InChI=1S/C23H30ClN5OS/c1-22(2)11-16(12-23(3,4)28-22)29(5)21(26)31-20(25)17-8-6-14(10-18(17)24)15-7-9-19(30)27-13-15/h6-10,13,16,25-26,28H,11-12H2,1-5H3,(H,27,30). The summed E-state index contributed by atoms with van der Waals surface area (Å²) in [4.78, 5) is 15.9. The molecule has 0 spiro atoms. The number of halogens is 1. The van der Waals surface area contributed by atoms with Crippen LogP contribution in [0.25, 0.3) is 11.1 Å². The highest BCUT2D eigenvalue weighted by Gasteiger charge is 2.39. The van der Waals surface area contributed by atoms with Crippen LogP contribution in [0.2, 0.25) is 5.02 Å². The molecule has 6 nitrogen and oxygen atoms in total. The highest BCUT2D eigenvalue weighted by atomic mass is 35.5. The second-order valence-corrected chi connectivity index (χ2v) is 10.8. The predicted molar refractivity (Wildman–Crippen MR) is 132 cm³/mol. The lowest BCUT2D eigenvalue weighted by molar-refractivity contribution is 0.114. The molecule has 166 valence electrons. The van der Waals surface area contributed by atoms with Crippen LogP contribution in [0.3, 0.4) is 0 Å². The smallest absolute Gasteiger partial charge is 0.247 e. The molecule has 1 fully saturated rings. The largest absolute Gasteiger partial charge is 0.351 e. The third-order valence-electron chi connectivity index (χ3n) is 5.57. The minimum absolute atomic E-state index is 0.0139. The Balaban J connectivity index is 1.71. The quantitative estimate of drug-likeness (QED) is 0.386. The SMILES string of the molecule is CN(C(=N)SC(=N)c1ccc(-c2ccc(=O)[nH]c2)cc1Cl)C1CC(C)(C)NC(C)(C)C1. The molecule has 31 heavy (non-hydrogen) atoms. The molecule has 0 aliphatic carbocycles. The van der Waals surface area contributed by atoms with Crippen LogP contribution >= 0.6 is 23.4 Å². The molecule has 2 aromatic rings. The number of hydrogen-bond acceptors (Lipinski definition) is 5. The number of rotatable bonds is 3. The van der Waals surface area contributed by atoms with Crippen LogP contribution in [0.1, 0.15) is 46.1 Å². The highest BCUT2D eigenvalue weighted by Crippen LogP contribution is 2.33. The Bertz CT molecular complexity index is 1030. The second-order valence-electron chi connectivity index (χ2n) is 9.44. The van der Waals surface area contributed by atoms with Gasteiger partial charge in [-0.15, -0.1) is 0 Å². The average Bonchev–Trinajstić information content (AvgIpc) is 2.65. The van der Waals surface area contributed by atoms with Gasteiger partial charge in [-0.2, -0.15) is 0 Å². The van der Waals surface area contributed by atoms with Gasteiger partial charge in [-0.1, -0.05) is 23.7 Å². The van der Waals surface area contributed by atoms with Gasteiger partial charge in [0.05, 0.1) is 5.02 Å². The molecule has 1 aromatic heterocycles. The van der Waals surface area contributed by atoms with E-state index in [1.165, 1.54) is 6.07 Å². The Morgan fingerprint density at radius 2 is 1.71 bits per heavy atom. The van der Waals surface area contributed by atoms with Crippen LogP contribution in [0.15, 0.2) is 41.3 Å². The molecule has 0 saturated carbocycles. The molecule has 0 atom stereocenters. The fourth-order valence-corrected chi connectivity index (χ4v) is 5.51. The first-order chi connectivity index (χ1) is 14.4. The number of nitrogens with one attached hydrogen (secondary N) is 4. The number of aromatic amines is 1. The lowest BCUT2D eigenvalue weighted by atomic mass is 9.79. The van der Waals surface area contributed by atoms with Gasteiger partial charge in [-0.25, -0.2) is 0 Å². The van der Waals surface area contributed by atoms with Gasteiger partial charge in [0, 0.05) is 42.0 Å². The van der Waals surface area contributed by atoms with Crippen molar-refractivity contribution in [3.8, 4) is 11.1 Å². The average molecular weight is 460 g/mol. The zero-order valence-electron chi connectivity index (χ0n) is 18.6. The molecule has 4 N–H and O–H groups in total. The molecular weight excluding hydrogens is 430 g/mol. The van der Waals surface area contributed by atoms with Crippen molar-refractivity contribution in [2.75, 3.05) is 7.05 Å². The minimum Gasteiger partial charge on any atom is -0.351 e. The normalized spacial score (nSPS) is 17.9. The first kappa shape index (κ1) is 23.6. The van der Waals surface area contributed by atoms with Crippen molar-refractivity contribution in [1.29, 1.82) is 10.8 Å². The third-order valence-corrected chi connectivity index (χ3v) is 6.78. The molecule has 0 amide bonds. The third kappa shape index (κ3) is 5.79. The Morgan fingerprint density at radius 3 is 2.26 bits per heavy atom. The summed E-state index contributed by atoms with van der Waals surface area (Å²) < 4.78 is 0. The lowest BCUT2D eigenvalue weighted by Gasteiger charge is -2.49. The molecule has 1 aliphatic heterocycles. The zero-order valence-corrected chi connectivity index (χ0v) is 20.2. The maximum Gasteiger partial charge on any atom is 0.247 e. The topological polar surface area (TPSA) is 95.8 Å². The lowest BCUT2D eigenvalue weighted by Crippen LogP contribution is -2.62. The fourth-order valence-electron chi connectivity index (χ4n) is 4.40. The van der Waals surface area contributed by atoms with E-state index in [0.717, 1.165) is 35.7 Å². The number of amidine groups is 1. The Labute approximate surface area is 192 Å². The maximum atomic E-state index is 11.3. The van der Waals surface area contributed by atoms with Crippen LogP contribution in [-0.2, 0) is 0 Å². The van der Waals surface area contributed by atoms with Crippen molar-refractivity contribution in [2.24, 2.45) is 0 Å². The van der Waals surface area contributed by atoms with Crippen LogP contribution in [0, 0.1) is 10.8 Å². The second kappa shape index (κ2) is 8.81. The molecule has 1 aromatic carbocycles. The molecular formula is C23H30ClN5OS. The number of piperidine rings is 1. The van der Waals surface area contributed by atoms with Crippen molar-refractivity contribution >= 4 is 33.6 Å². The van der Waals surface area contributed by atoms with Crippen molar-refractivity contribution in [3.63, 3.8) is 0 Å². The van der Waals surface area contributed by atoms with Crippen molar-refractivity contribution in [2.45, 2.75) is 57.7 Å². The molecule has 1 saturated heterocycles. The molecule has 0 unspecified atom stereocenters. The Kier molecular flexibility index (Phi) is 6.69. The summed E-state index contributed by atoms with van der Waals surface area (Å²) >= 11 is 7.59. The fraction of sp³-hybridized carbons (Fsp3) is 0.435. The maximum absolute atomic E-state index is 11.3. The Hall–Kier alpha value is -2.09. The van der Waals surface area contributed by atoms with Crippen molar-refractivity contribution in [3.05, 3.63) is 57.5 Å². The van der Waals surface area contributed by atoms with E-state index in [1.54, 1.807) is 24.4 Å². The monoisotopic (exact) mass is 459 g/mol. The van der Waals surface area contributed by atoms with Gasteiger partial charge in [0.1, 0.15) is 5.04 Å². The summed E-state index contributed by atoms with van der Waals surface area (Å²) in [6.45, 7) is 8.77. The van der Waals surface area contributed by atoms with Crippen molar-refractivity contribution < 1.29 is 0 Å². The summed E-state index contributed by atoms with van der Waals surface area (Å²) in [6.07, 6.45) is 3.50. The molecule has 0 bridgehead atoms. The number of benzene rings is 1. The Morgan fingerprint density at radius 1 is 1.10 bits per heavy atom. The first-order valence-electron chi connectivity index (χ1n) is 10.2. The predicted octanol–water partition coefficient (Wildman–Crippen LogP) is 4.93.